The van der Waals surface area contributed by atoms with Crippen LogP contribution in [0.15, 0.2) is 12.3 Å². The monoisotopic (exact) mass is 307 g/mol. The maximum absolute atomic E-state index is 12.1. The first-order valence-electron chi connectivity index (χ1n) is 7.83. The fraction of sp³-hybridized carbons (Fsp3) is 0.688. The van der Waals surface area contributed by atoms with Gasteiger partial charge in [-0.2, -0.15) is 0 Å². The molecule has 0 aliphatic carbocycles. The van der Waals surface area contributed by atoms with Crippen LogP contribution in [0.25, 0.3) is 0 Å². The van der Waals surface area contributed by atoms with E-state index in [0.717, 1.165) is 5.46 Å². The lowest BCUT2D eigenvalue weighted by Gasteiger charge is -2.32. The van der Waals surface area contributed by atoms with Crippen molar-refractivity contribution in [3.05, 3.63) is 18.0 Å². The third-order valence-electron chi connectivity index (χ3n) is 4.44. The largest absolute Gasteiger partial charge is 0.496 e. The lowest BCUT2D eigenvalue weighted by atomic mass is 9.81. The highest BCUT2D eigenvalue weighted by atomic mass is 16.7. The Balaban J connectivity index is 2.34. The van der Waals surface area contributed by atoms with Gasteiger partial charge in [-0.1, -0.05) is 0 Å². The summed E-state index contributed by atoms with van der Waals surface area (Å²) in [4.78, 5) is 12.1. The van der Waals surface area contributed by atoms with Gasteiger partial charge in [0.05, 0.1) is 17.8 Å². The number of esters is 1. The summed E-state index contributed by atoms with van der Waals surface area (Å²) in [7, 11) is -0.474. The van der Waals surface area contributed by atoms with Gasteiger partial charge in [0.15, 0.2) is 0 Å². The average molecular weight is 307 g/mol. The van der Waals surface area contributed by atoms with Crippen LogP contribution in [0.3, 0.4) is 0 Å². The molecule has 0 saturated carbocycles. The molecule has 1 aliphatic heterocycles. The Hall–Kier alpha value is -1.27. The van der Waals surface area contributed by atoms with Crippen molar-refractivity contribution >= 4 is 18.6 Å². The molecule has 0 N–H and O–H groups in total. The van der Waals surface area contributed by atoms with Crippen LogP contribution < -0.4 is 5.46 Å². The summed E-state index contributed by atoms with van der Waals surface area (Å²) < 4.78 is 19.1. The maximum Gasteiger partial charge on any atom is 0.496 e. The number of aromatic nitrogens is 1. The molecule has 1 fully saturated rings. The predicted molar refractivity (Wildman–Crippen MR) is 86.5 cm³/mol. The first-order valence-corrected chi connectivity index (χ1v) is 7.83. The van der Waals surface area contributed by atoms with E-state index in [0.29, 0.717) is 12.3 Å². The van der Waals surface area contributed by atoms with Crippen molar-refractivity contribution < 1.29 is 18.8 Å². The molecule has 2 rings (SSSR count). The normalized spacial score (nSPS) is 19.7. The molecule has 6 heteroatoms. The smallest absolute Gasteiger partial charge is 0.461 e. The van der Waals surface area contributed by atoms with Gasteiger partial charge < -0.3 is 18.6 Å². The molecule has 5 nitrogen and oxygen atoms in total. The first kappa shape index (κ1) is 17.1. The highest BCUT2D eigenvalue weighted by Gasteiger charge is 2.52. The fourth-order valence-electron chi connectivity index (χ4n) is 2.40. The average Bonchev–Trinajstić information content (AvgIpc) is 2.90. The van der Waals surface area contributed by atoms with E-state index in [1.165, 1.54) is 0 Å². The number of nitrogens with zero attached hydrogens (tertiary/aromatic N) is 1. The Bertz CT molecular complexity index is 546. The summed E-state index contributed by atoms with van der Waals surface area (Å²) in [6.45, 7) is 14.3. The first-order chi connectivity index (χ1) is 10.1. The number of hydrogen-bond acceptors (Lipinski definition) is 4. The molecule has 0 amide bonds. The second-order valence-corrected chi connectivity index (χ2v) is 6.97. The van der Waals surface area contributed by atoms with E-state index in [1.807, 2.05) is 52.3 Å². The minimum atomic E-state index is -0.474. The van der Waals surface area contributed by atoms with Crippen LogP contribution in [-0.4, -0.2) is 35.5 Å². The molecule has 22 heavy (non-hydrogen) atoms. The van der Waals surface area contributed by atoms with Gasteiger partial charge >= 0.3 is 13.1 Å². The van der Waals surface area contributed by atoms with Crippen LogP contribution in [0.2, 0.25) is 0 Å². The molecular weight excluding hydrogens is 281 g/mol. The standard InChI is InChI=1S/C16H26BNO4/c1-8-20-14(19)13-9-12(10-18(13)11(2)3)17-21-15(4,5)16(6,7)22-17/h9-11H,8H2,1-7H3. The number of ether oxygens (including phenoxy) is 1. The van der Waals surface area contributed by atoms with Crippen molar-refractivity contribution in [2.24, 2.45) is 0 Å². The molecule has 0 unspecified atom stereocenters. The van der Waals surface area contributed by atoms with Gasteiger partial charge in [0, 0.05) is 17.7 Å². The lowest BCUT2D eigenvalue weighted by Crippen LogP contribution is -2.41. The lowest BCUT2D eigenvalue weighted by molar-refractivity contribution is 0.00578. The van der Waals surface area contributed by atoms with E-state index >= 15 is 0 Å². The van der Waals surface area contributed by atoms with Crippen LogP contribution in [-0.2, 0) is 14.0 Å². The fourth-order valence-corrected chi connectivity index (χ4v) is 2.40. The molecule has 2 heterocycles. The van der Waals surface area contributed by atoms with Crippen molar-refractivity contribution in [1.82, 2.24) is 4.57 Å². The second kappa shape index (κ2) is 5.74. The maximum atomic E-state index is 12.1. The van der Waals surface area contributed by atoms with E-state index in [-0.39, 0.29) is 12.0 Å². The minimum Gasteiger partial charge on any atom is -0.461 e. The van der Waals surface area contributed by atoms with Crippen LogP contribution >= 0.6 is 0 Å². The Labute approximate surface area is 133 Å². The summed E-state index contributed by atoms with van der Waals surface area (Å²) in [6, 6.07) is 1.95. The number of hydrogen-bond donors (Lipinski definition) is 0. The van der Waals surface area contributed by atoms with E-state index < -0.39 is 18.3 Å². The molecule has 0 aromatic carbocycles. The molecule has 1 aromatic heterocycles. The number of carbonyl (C=O) groups is 1. The summed E-state index contributed by atoms with van der Waals surface area (Å²) in [5.41, 5.74) is 0.570. The molecule has 0 spiro atoms. The molecule has 122 valence electrons. The van der Waals surface area contributed by atoms with Crippen molar-refractivity contribution in [3.8, 4) is 0 Å². The summed E-state index contributed by atoms with van der Waals surface area (Å²) >= 11 is 0. The molecule has 1 aromatic rings. The highest BCUT2D eigenvalue weighted by molar-refractivity contribution is 6.62. The molecular formula is C16H26BNO4. The topological polar surface area (TPSA) is 49.7 Å². The molecule has 1 saturated heterocycles. The van der Waals surface area contributed by atoms with Crippen LogP contribution in [0.4, 0.5) is 0 Å². The van der Waals surface area contributed by atoms with Gasteiger partial charge in [-0.3, -0.25) is 0 Å². The quantitative estimate of drug-likeness (QED) is 0.633. The zero-order chi connectivity index (χ0) is 16.7. The van der Waals surface area contributed by atoms with E-state index in [1.54, 1.807) is 13.0 Å². The Morgan fingerprint density at radius 2 is 1.82 bits per heavy atom. The molecule has 0 atom stereocenters. The highest BCUT2D eigenvalue weighted by Crippen LogP contribution is 2.36. The van der Waals surface area contributed by atoms with Crippen LogP contribution in [0.1, 0.15) is 65.0 Å². The third-order valence-corrected chi connectivity index (χ3v) is 4.44. The Kier molecular flexibility index (Phi) is 4.46. The summed E-state index contributed by atoms with van der Waals surface area (Å²) in [5.74, 6) is -0.320. The third kappa shape index (κ3) is 2.94. The van der Waals surface area contributed by atoms with Gasteiger partial charge in [-0.15, -0.1) is 0 Å². The molecule has 0 bridgehead atoms. The zero-order valence-corrected chi connectivity index (χ0v) is 14.6. The van der Waals surface area contributed by atoms with Crippen LogP contribution in [0.5, 0.6) is 0 Å². The van der Waals surface area contributed by atoms with Gasteiger partial charge in [-0.05, 0) is 54.5 Å². The predicted octanol–water partition coefficient (Wildman–Crippen LogP) is 2.54. The number of carbonyl (C=O) groups excluding carboxylic acids is 1. The minimum absolute atomic E-state index is 0.149. The van der Waals surface area contributed by atoms with Crippen molar-refractivity contribution in [2.75, 3.05) is 6.61 Å². The molecule has 0 radical (unpaired) electrons. The van der Waals surface area contributed by atoms with Gasteiger partial charge in [0.25, 0.3) is 0 Å². The van der Waals surface area contributed by atoms with Crippen molar-refractivity contribution in [2.45, 2.75) is 65.7 Å². The van der Waals surface area contributed by atoms with Crippen molar-refractivity contribution in [3.63, 3.8) is 0 Å². The van der Waals surface area contributed by atoms with Gasteiger partial charge in [0.1, 0.15) is 5.69 Å². The summed E-state index contributed by atoms with van der Waals surface area (Å²) in [5, 5.41) is 0. The number of rotatable bonds is 4. The van der Waals surface area contributed by atoms with Gasteiger partial charge in [-0.25, -0.2) is 4.79 Å². The van der Waals surface area contributed by atoms with E-state index in [2.05, 4.69) is 0 Å². The zero-order valence-electron chi connectivity index (χ0n) is 14.6. The SMILES string of the molecule is CCOC(=O)c1cc(B2OC(C)(C)C(C)(C)O2)cn1C(C)C. The second-order valence-electron chi connectivity index (χ2n) is 6.97. The summed E-state index contributed by atoms with van der Waals surface area (Å²) in [6.07, 6.45) is 1.92. The molecule has 1 aliphatic rings. The Morgan fingerprint density at radius 3 is 2.27 bits per heavy atom. The van der Waals surface area contributed by atoms with Crippen LogP contribution in [0, 0.1) is 0 Å². The van der Waals surface area contributed by atoms with E-state index in [9.17, 15) is 4.79 Å². The van der Waals surface area contributed by atoms with Gasteiger partial charge in [0.2, 0.25) is 0 Å². The van der Waals surface area contributed by atoms with Crippen molar-refractivity contribution in [1.29, 1.82) is 0 Å². The van der Waals surface area contributed by atoms with E-state index in [4.69, 9.17) is 14.0 Å². The Morgan fingerprint density at radius 1 is 1.27 bits per heavy atom.